The molecule has 0 radical (unpaired) electrons. The Labute approximate surface area is 226 Å². The standard InChI is InChI=1S/C32H66N2O2/c1-2-3-4-5-6-7-8-9-10-11-12-13-14-15-16-17-18-19-20-21-22-23-24-25-26-27-28-29-30-31-32(35)34(33)36/h36H,2-31,33H2,1H3. The van der Waals surface area contributed by atoms with Crippen LogP contribution in [0.4, 0.5) is 0 Å². The molecule has 0 bridgehead atoms. The lowest BCUT2D eigenvalue weighted by Crippen LogP contribution is -2.33. The molecule has 0 aliphatic rings. The van der Waals surface area contributed by atoms with Gasteiger partial charge in [0.1, 0.15) is 0 Å². The van der Waals surface area contributed by atoms with E-state index in [0.29, 0.717) is 6.42 Å². The van der Waals surface area contributed by atoms with Crippen LogP contribution < -0.4 is 5.84 Å². The minimum Gasteiger partial charge on any atom is -0.271 e. The van der Waals surface area contributed by atoms with Gasteiger partial charge in [-0.2, -0.15) is 5.17 Å². The highest BCUT2D eigenvalue weighted by Gasteiger charge is 2.05. The monoisotopic (exact) mass is 511 g/mol. The van der Waals surface area contributed by atoms with Gasteiger partial charge in [0.25, 0.3) is 5.91 Å². The van der Waals surface area contributed by atoms with Crippen molar-refractivity contribution in [1.29, 1.82) is 0 Å². The summed E-state index contributed by atoms with van der Waals surface area (Å²) in [7, 11) is 0. The zero-order valence-electron chi connectivity index (χ0n) is 24.6. The summed E-state index contributed by atoms with van der Waals surface area (Å²) >= 11 is 0. The van der Waals surface area contributed by atoms with Crippen molar-refractivity contribution in [2.75, 3.05) is 0 Å². The zero-order valence-corrected chi connectivity index (χ0v) is 24.6. The summed E-state index contributed by atoms with van der Waals surface area (Å²) in [6, 6.07) is 0. The first kappa shape index (κ1) is 35.4. The molecule has 36 heavy (non-hydrogen) atoms. The largest absolute Gasteiger partial charge is 0.271 e. The SMILES string of the molecule is CCCCCCCCCCCCCCCCCCCCCCCCCCCCCCCC(=O)N(N)O. The average molecular weight is 511 g/mol. The van der Waals surface area contributed by atoms with Crippen molar-refractivity contribution in [3.63, 3.8) is 0 Å². The number of unbranched alkanes of at least 4 members (excludes halogenated alkanes) is 28. The molecule has 3 N–H and O–H groups in total. The minimum atomic E-state index is -0.389. The van der Waals surface area contributed by atoms with Crippen molar-refractivity contribution in [3.05, 3.63) is 0 Å². The van der Waals surface area contributed by atoms with Gasteiger partial charge in [-0.05, 0) is 6.42 Å². The molecular weight excluding hydrogens is 444 g/mol. The summed E-state index contributed by atoms with van der Waals surface area (Å²) < 4.78 is 0. The van der Waals surface area contributed by atoms with Crippen molar-refractivity contribution in [1.82, 2.24) is 5.17 Å². The third-order valence-corrected chi connectivity index (χ3v) is 7.75. The molecule has 0 saturated heterocycles. The fraction of sp³-hybridized carbons (Fsp3) is 0.969. The molecule has 4 nitrogen and oxygen atoms in total. The van der Waals surface area contributed by atoms with E-state index >= 15 is 0 Å². The van der Waals surface area contributed by atoms with Crippen LogP contribution in [0.2, 0.25) is 0 Å². The number of amides is 1. The lowest BCUT2D eigenvalue weighted by molar-refractivity contribution is -0.166. The number of rotatable bonds is 30. The molecule has 0 atom stereocenters. The van der Waals surface area contributed by atoms with Crippen LogP contribution in [0, 0.1) is 0 Å². The van der Waals surface area contributed by atoms with Crippen molar-refractivity contribution in [2.24, 2.45) is 5.84 Å². The molecule has 0 spiro atoms. The van der Waals surface area contributed by atoms with Crippen molar-refractivity contribution in [2.45, 2.75) is 200 Å². The van der Waals surface area contributed by atoms with E-state index < -0.39 is 0 Å². The molecule has 4 heteroatoms. The first-order valence-electron chi connectivity index (χ1n) is 16.4. The highest BCUT2D eigenvalue weighted by molar-refractivity contribution is 5.74. The van der Waals surface area contributed by atoms with Gasteiger partial charge >= 0.3 is 0 Å². The Morgan fingerprint density at radius 2 is 0.639 bits per heavy atom. The third kappa shape index (κ3) is 29.6. The fourth-order valence-corrected chi connectivity index (χ4v) is 5.24. The second kappa shape index (κ2) is 30.6. The third-order valence-electron chi connectivity index (χ3n) is 7.75. The van der Waals surface area contributed by atoms with Crippen molar-refractivity contribution >= 4 is 5.91 Å². The van der Waals surface area contributed by atoms with Crippen molar-refractivity contribution < 1.29 is 10.0 Å². The van der Waals surface area contributed by atoms with Crippen LogP contribution in [0.15, 0.2) is 0 Å². The predicted molar refractivity (Wildman–Crippen MR) is 157 cm³/mol. The topological polar surface area (TPSA) is 66.6 Å². The fourth-order valence-electron chi connectivity index (χ4n) is 5.24. The van der Waals surface area contributed by atoms with Crippen LogP contribution in [0.3, 0.4) is 0 Å². The van der Waals surface area contributed by atoms with Crippen LogP contribution in [0.1, 0.15) is 200 Å². The first-order valence-corrected chi connectivity index (χ1v) is 16.4. The molecule has 0 aromatic carbocycles. The number of carbonyl (C=O) groups is 1. The van der Waals surface area contributed by atoms with E-state index in [4.69, 9.17) is 11.0 Å². The van der Waals surface area contributed by atoms with Gasteiger partial charge in [0, 0.05) is 6.42 Å². The molecule has 0 aromatic rings. The second-order valence-electron chi connectivity index (χ2n) is 11.4. The van der Waals surface area contributed by atoms with E-state index in [2.05, 4.69) is 6.92 Å². The van der Waals surface area contributed by atoms with Crippen LogP contribution in [-0.2, 0) is 4.79 Å². The molecule has 0 rings (SSSR count). The summed E-state index contributed by atoms with van der Waals surface area (Å²) in [5.74, 6) is 4.60. The maximum absolute atomic E-state index is 11.1. The van der Waals surface area contributed by atoms with Crippen LogP contribution in [-0.4, -0.2) is 16.3 Å². The number of hydrogen-bond donors (Lipinski definition) is 2. The summed E-state index contributed by atoms with van der Waals surface area (Å²) in [5.41, 5.74) is 0. The Hall–Kier alpha value is -0.610. The maximum atomic E-state index is 11.1. The molecule has 0 aromatic heterocycles. The van der Waals surface area contributed by atoms with Gasteiger partial charge < -0.3 is 0 Å². The predicted octanol–water partition coefficient (Wildman–Crippen LogP) is 10.8. The van der Waals surface area contributed by atoms with E-state index in [9.17, 15) is 4.79 Å². The normalized spacial score (nSPS) is 11.3. The van der Waals surface area contributed by atoms with Gasteiger partial charge in [-0.15, -0.1) is 0 Å². The van der Waals surface area contributed by atoms with Crippen LogP contribution in [0.25, 0.3) is 0 Å². The molecule has 1 amide bonds. The number of nitrogens with zero attached hydrogens (tertiary/aromatic N) is 1. The number of hydrazine groups is 1. The number of carbonyl (C=O) groups excluding carboxylic acids is 1. The van der Waals surface area contributed by atoms with E-state index in [0.717, 1.165) is 12.8 Å². The molecule has 216 valence electrons. The van der Waals surface area contributed by atoms with Gasteiger partial charge in [-0.25, -0.2) is 5.84 Å². The van der Waals surface area contributed by atoms with Crippen LogP contribution in [0.5, 0.6) is 0 Å². The van der Waals surface area contributed by atoms with E-state index in [1.54, 1.807) is 0 Å². The lowest BCUT2D eigenvalue weighted by atomic mass is 10.0. The lowest BCUT2D eigenvalue weighted by Gasteiger charge is -2.07. The Balaban J connectivity index is 3.05. The number of hydroxylamine groups is 1. The molecule has 0 saturated carbocycles. The van der Waals surface area contributed by atoms with E-state index in [-0.39, 0.29) is 11.1 Å². The van der Waals surface area contributed by atoms with Gasteiger partial charge in [-0.3, -0.25) is 10.0 Å². The number of hydrogen-bond acceptors (Lipinski definition) is 3. The summed E-state index contributed by atoms with van der Waals surface area (Å²) in [6.45, 7) is 2.30. The van der Waals surface area contributed by atoms with Crippen LogP contribution >= 0.6 is 0 Å². The Morgan fingerprint density at radius 1 is 0.444 bits per heavy atom. The minimum absolute atomic E-state index is 0.210. The van der Waals surface area contributed by atoms with Gasteiger partial charge in [0.2, 0.25) is 0 Å². The Bertz CT molecular complexity index is 428. The van der Waals surface area contributed by atoms with E-state index in [1.165, 1.54) is 173 Å². The zero-order chi connectivity index (χ0) is 26.4. The highest BCUT2D eigenvalue weighted by atomic mass is 16.5. The molecule has 0 aliphatic heterocycles. The highest BCUT2D eigenvalue weighted by Crippen LogP contribution is 2.16. The van der Waals surface area contributed by atoms with Gasteiger partial charge in [0.05, 0.1) is 0 Å². The molecule has 0 heterocycles. The summed E-state index contributed by atoms with van der Waals surface area (Å²) in [6.07, 6.45) is 40.6. The quantitative estimate of drug-likeness (QED) is 0.0332. The Morgan fingerprint density at radius 3 is 0.833 bits per heavy atom. The average Bonchev–Trinajstić information content (AvgIpc) is 2.87. The summed E-state index contributed by atoms with van der Waals surface area (Å²) in [5, 5.41) is 9.00. The molecule has 0 fully saturated rings. The van der Waals surface area contributed by atoms with Gasteiger partial charge in [-0.1, -0.05) is 187 Å². The Kier molecular flexibility index (Phi) is 30.1. The molecular formula is C32H66N2O2. The van der Waals surface area contributed by atoms with E-state index in [1.807, 2.05) is 0 Å². The van der Waals surface area contributed by atoms with Gasteiger partial charge in [0.15, 0.2) is 0 Å². The number of nitrogens with two attached hydrogens (primary N) is 1. The summed E-state index contributed by atoms with van der Waals surface area (Å²) in [4.78, 5) is 11.1. The smallest absolute Gasteiger partial charge is 0.260 e. The molecule has 0 aliphatic carbocycles. The maximum Gasteiger partial charge on any atom is 0.260 e. The first-order chi connectivity index (χ1) is 17.7. The second-order valence-corrected chi connectivity index (χ2v) is 11.4. The molecule has 0 unspecified atom stereocenters. The van der Waals surface area contributed by atoms with Crippen molar-refractivity contribution in [3.8, 4) is 0 Å².